The first-order valence-electron chi connectivity index (χ1n) is 6.48. The lowest BCUT2D eigenvalue weighted by Gasteiger charge is -2.43. The topological polar surface area (TPSA) is 169 Å². The highest BCUT2D eigenvalue weighted by Crippen LogP contribution is 2.26. The van der Waals surface area contributed by atoms with Crippen LogP contribution in [0, 0.1) is 0 Å². The average Bonchev–Trinajstić information content (AvgIpc) is 2.47. The van der Waals surface area contributed by atoms with Gasteiger partial charge in [0.15, 0.2) is 12.6 Å². The van der Waals surface area contributed by atoms with E-state index in [1.54, 1.807) is 0 Å². The van der Waals surface area contributed by atoms with E-state index in [0.717, 1.165) is 0 Å². The summed E-state index contributed by atoms with van der Waals surface area (Å²) < 4.78 is 15.0. The van der Waals surface area contributed by atoms with Gasteiger partial charge in [-0.05, 0) is 0 Å². The summed E-state index contributed by atoms with van der Waals surface area (Å²) in [6.45, 7) is -0.938. The van der Waals surface area contributed by atoms with Gasteiger partial charge in [0.05, 0.1) is 13.2 Å². The second-order valence-electron chi connectivity index (χ2n) is 5.08. The first-order chi connectivity index (χ1) is 9.86. The fourth-order valence-corrected chi connectivity index (χ4v) is 2.29. The normalized spacial score (nSPS) is 51.9. The van der Waals surface area contributed by atoms with E-state index >= 15 is 0 Å². The van der Waals surface area contributed by atoms with Gasteiger partial charge in [-0.25, -0.2) is 0 Å². The van der Waals surface area contributed by atoms with Crippen LogP contribution in [-0.4, -0.2) is 104 Å². The van der Waals surface area contributed by atoms with Gasteiger partial charge in [0.1, 0.15) is 42.7 Å². The first-order valence-corrected chi connectivity index (χ1v) is 6.48. The maximum atomic E-state index is 9.79. The van der Waals surface area contributed by atoms with Gasteiger partial charge >= 0.3 is 0 Å². The van der Waals surface area contributed by atoms with Crippen molar-refractivity contribution in [2.45, 2.75) is 55.3 Å². The number of hydrogen-bond acceptors (Lipinski definition) is 10. The van der Waals surface area contributed by atoms with Crippen molar-refractivity contribution in [3.05, 3.63) is 0 Å². The van der Waals surface area contributed by atoms with Gasteiger partial charge in [-0.15, -0.1) is 0 Å². The van der Waals surface area contributed by atoms with Gasteiger partial charge in [-0.3, -0.25) is 0 Å². The molecule has 2 aliphatic rings. The Morgan fingerprint density at radius 2 is 1.57 bits per heavy atom. The van der Waals surface area contributed by atoms with Gasteiger partial charge < -0.3 is 50.0 Å². The average molecular weight is 312 g/mol. The van der Waals surface area contributed by atoms with Crippen molar-refractivity contribution in [3.63, 3.8) is 0 Å². The second kappa shape index (κ2) is 6.79. The third kappa shape index (κ3) is 3.35. The van der Waals surface area contributed by atoms with Crippen LogP contribution >= 0.6 is 0 Å². The van der Waals surface area contributed by atoms with Crippen LogP contribution in [-0.2, 0) is 14.2 Å². The molecule has 0 bridgehead atoms. The second-order valence-corrected chi connectivity index (χ2v) is 5.08. The zero-order valence-corrected chi connectivity index (χ0v) is 11.0. The maximum Gasteiger partial charge on any atom is 0.187 e. The summed E-state index contributed by atoms with van der Waals surface area (Å²) in [5, 5.41) is 66.8. The summed E-state index contributed by atoms with van der Waals surface area (Å²) in [7, 11) is 0. The number of aliphatic hydroxyl groups is 7. The molecule has 0 spiro atoms. The van der Waals surface area contributed by atoms with Crippen LogP contribution in [0.4, 0.5) is 0 Å². The van der Waals surface area contributed by atoms with Crippen molar-refractivity contribution in [1.29, 1.82) is 0 Å². The molecular weight excluding hydrogens is 292 g/mol. The van der Waals surface area contributed by atoms with E-state index < -0.39 is 61.9 Å². The van der Waals surface area contributed by atoms with Crippen LogP contribution < -0.4 is 0 Å². The summed E-state index contributed by atoms with van der Waals surface area (Å²) in [5.74, 6) is 0. The molecule has 7 N–H and O–H groups in total. The van der Waals surface area contributed by atoms with Crippen LogP contribution in [0.15, 0.2) is 0 Å². The third-order valence-corrected chi connectivity index (χ3v) is 3.59. The van der Waals surface area contributed by atoms with Gasteiger partial charge in [0, 0.05) is 0 Å². The summed E-state index contributed by atoms with van der Waals surface area (Å²) in [4.78, 5) is 0. The quantitative estimate of drug-likeness (QED) is 0.268. The standard InChI is InChI=1S/C11H20O10/c12-1-4-5(14)6(15)7(16)11(20-4)21-9-3(13)2-19-10(18)8(9)17/h3-18H,1-2H2/t3-,4?,5+,6+,7?,8?,9+,10-,11+/m1/s1. The molecule has 2 fully saturated rings. The fraction of sp³-hybridized carbons (Fsp3) is 1.00. The lowest BCUT2D eigenvalue weighted by molar-refractivity contribution is -0.345. The van der Waals surface area contributed by atoms with Crippen LogP contribution in [0.1, 0.15) is 0 Å². The third-order valence-electron chi connectivity index (χ3n) is 3.59. The van der Waals surface area contributed by atoms with Gasteiger partial charge in [-0.2, -0.15) is 0 Å². The zero-order chi connectivity index (χ0) is 15.7. The van der Waals surface area contributed by atoms with Crippen LogP contribution in [0.5, 0.6) is 0 Å². The molecule has 0 radical (unpaired) electrons. The first kappa shape index (κ1) is 17.0. The molecule has 0 aromatic carbocycles. The highest BCUT2D eigenvalue weighted by Gasteiger charge is 2.48. The molecule has 0 amide bonds. The minimum absolute atomic E-state index is 0.305. The van der Waals surface area contributed by atoms with Gasteiger partial charge in [0.25, 0.3) is 0 Å². The number of rotatable bonds is 3. The number of hydrogen-bond donors (Lipinski definition) is 7. The minimum atomic E-state index is -1.66. The maximum absolute atomic E-state index is 9.79. The highest BCUT2D eigenvalue weighted by atomic mass is 16.7. The molecule has 0 aromatic rings. The Bertz CT molecular complexity index is 339. The van der Waals surface area contributed by atoms with E-state index in [1.165, 1.54) is 0 Å². The lowest BCUT2D eigenvalue weighted by atomic mass is 9.98. The Balaban J connectivity index is 2.06. The predicted octanol–water partition coefficient (Wildman–Crippen LogP) is -4.76. The lowest BCUT2D eigenvalue weighted by Crippen LogP contribution is -2.62. The molecule has 0 aromatic heterocycles. The molecule has 21 heavy (non-hydrogen) atoms. The Morgan fingerprint density at radius 3 is 2.19 bits per heavy atom. The van der Waals surface area contributed by atoms with Gasteiger partial charge in [0.2, 0.25) is 0 Å². The van der Waals surface area contributed by atoms with Crippen molar-refractivity contribution in [2.75, 3.05) is 13.2 Å². The van der Waals surface area contributed by atoms with Gasteiger partial charge in [-0.1, -0.05) is 0 Å². The Kier molecular flexibility index (Phi) is 5.48. The predicted molar refractivity (Wildman–Crippen MR) is 62.6 cm³/mol. The smallest absolute Gasteiger partial charge is 0.187 e. The van der Waals surface area contributed by atoms with E-state index in [4.69, 9.17) is 14.6 Å². The van der Waals surface area contributed by atoms with Crippen LogP contribution in [0.3, 0.4) is 0 Å². The SMILES string of the molecule is OCC1O[C@@H](O[C@@H]2C(O)[C@H](O)OC[C@H]2O)C(O)[C@@H](O)[C@H]1O. The van der Waals surface area contributed by atoms with E-state index in [2.05, 4.69) is 4.74 Å². The summed E-state index contributed by atoms with van der Waals surface area (Å²) >= 11 is 0. The van der Waals surface area contributed by atoms with E-state index in [0.29, 0.717) is 0 Å². The van der Waals surface area contributed by atoms with Crippen LogP contribution in [0.25, 0.3) is 0 Å². The number of aliphatic hydroxyl groups excluding tert-OH is 7. The minimum Gasteiger partial charge on any atom is -0.394 e. The van der Waals surface area contributed by atoms with Crippen LogP contribution in [0.2, 0.25) is 0 Å². The van der Waals surface area contributed by atoms with E-state index in [-0.39, 0.29) is 6.61 Å². The molecular formula is C11H20O10. The van der Waals surface area contributed by atoms with Crippen molar-refractivity contribution in [1.82, 2.24) is 0 Å². The number of ether oxygens (including phenoxy) is 3. The highest BCUT2D eigenvalue weighted by molar-refractivity contribution is 4.91. The van der Waals surface area contributed by atoms with Crippen molar-refractivity contribution in [3.8, 4) is 0 Å². The molecule has 10 heteroatoms. The monoisotopic (exact) mass is 312 g/mol. The molecule has 0 saturated carbocycles. The Hall–Kier alpha value is -0.400. The Morgan fingerprint density at radius 1 is 0.905 bits per heavy atom. The largest absolute Gasteiger partial charge is 0.394 e. The van der Waals surface area contributed by atoms with E-state index in [9.17, 15) is 30.6 Å². The molecule has 10 nitrogen and oxygen atoms in total. The summed E-state index contributed by atoms with van der Waals surface area (Å²) in [6.07, 6.45) is -13.3. The summed E-state index contributed by atoms with van der Waals surface area (Å²) in [5.41, 5.74) is 0. The van der Waals surface area contributed by atoms with Crippen molar-refractivity contribution >= 4 is 0 Å². The molecule has 124 valence electrons. The van der Waals surface area contributed by atoms with Crippen molar-refractivity contribution in [2.24, 2.45) is 0 Å². The molecule has 2 saturated heterocycles. The molecule has 2 rings (SSSR count). The van der Waals surface area contributed by atoms with Crippen molar-refractivity contribution < 1.29 is 50.0 Å². The van der Waals surface area contributed by atoms with E-state index in [1.807, 2.05) is 0 Å². The molecule has 9 atom stereocenters. The Labute approximate surface area is 119 Å². The zero-order valence-electron chi connectivity index (χ0n) is 11.0. The molecule has 2 heterocycles. The summed E-state index contributed by atoms with van der Waals surface area (Å²) in [6, 6.07) is 0. The molecule has 0 aliphatic carbocycles. The fourth-order valence-electron chi connectivity index (χ4n) is 2.29. The molecule has 3 unspecified atom stereocenters. The molecule has 2 aliphatic heterocycles.